The molecule has 0 N–H and O–H groups in total. The fourth-order valence-corrected chi connectivity index (χ4v) is 6.93. The summed E-state index contributed by atoms with van der Waals surface area (Å²) in [5.74, 6) is 0. The highest BCUT2D eigenvalue weighted by Crippen LogP contribution is 2.21. The first kappa shape index (κ1) is 17.6. The summed E-state index contributed by atoms with van der Waals surface area (Å²) in [6.45, 7) is 3.58. The van der Waals surface area contributed by atoms with E-state index in [0.717, 1.165) is 25.7 Å². The Hall–Kier alpha value is -0.260. The third-order valence-corrected chi connectivity index (χ3v) is 8.92. The van der Waals surface area contributed by atoms with Gasteiger partial charge >= 0.3 is 0 Å². The van der Waals surface area contributed by atoms with E-state index in [1.54, 1.807) is 0 Å². The summed E-state index contributed by atoms with van der Waals surface area (Å²) in [4.78, 5) is 0. The highest BCUT2D eigenvalue weighted by molar-refractivity contribution is 7.87. The van der Waals surface area contributed by atoms with Crippen LogP contribution in [-0.2, 0) is 20.4 Å². The Kier molecular flexibility index (Phi) is 5.29. The average Bonchev–Trinajstić information content (AvgIpc) is 3.16. The molecule has 0 spiro atoms. The lowest BCUT2D eigenvalue weighted by molar-refractivity contribution is 0.351. The highest BCUT2D eigenvalue weighted by atomic mass is 32.2. The number of hydrogen-bond acceptors (Lipinski definition) is 4. The van der Waals surface area contributed by atoms with Crippen molar-refractivity contribution < 1.29 is 16.8 Å². The van der Waals surface area contributed by atoms with Crippen molar-refractivity contribution in [2.75, 3.05) is 52.4 Å². The van der Waals surface area contributed by atoms with E-state index in [2.05, 4.69) is 0 Å². The first-order valence-corrected chi connectivity index (χ1v) is 11.2. The van der Waals surface area contributed by atoms with Crippen LogP contribution in [0.2, 0.25) is 0 Å². The minimum Gasteiger partial charge on any atom is -0.195 e. The molecule has 0 bridgehead atoms. The van der Waals surface area contributed by atoms with E-state index in [1.165, 1.54) is 17.2 Å². The summed E-state index contributed by atoms with van der Waals surface area (Å²) in [5, 5.41) is 0. The van der Waals surface area contributed by atoms with Gasteiger partial charge in [-0.2, -0.15) is 34.1 Å². The largest absolute Gasteiger partial charge is 0.282 e. The predicted molar refractivity (Wildman–Crippen MR) is 87.2 cm³/mol. The maximum Gasteiger partial charge on any atom is 0.282 e. The molecule has 0 aliphatic carbocycles. The van der Waals surface area contributed by atoms with E-state index in [9.17, 15) is 16.8 Å². The van der Waals surface area contributed by atoms with Crippen LogP contribution in [-0.4, -0.2) is 86.4 Å². The van der Waals surface area contributed by atoms with Gasteiger partial charge in [-0.05, 0) is 32.1 Å². The molecule has 3 aliphatic rings. The van der Waals surface area contributed by atoms with Crippen LogP contribution in [0.15, 0.2) is 0 Å². The van der Waals surface area contributed by atoms with Crippen molar-refractivity contribution in [2.24, 2.45) is 0 Å². The van der Waals surface area contributed by atoms with E-state index in [1.807, 2.05) is 0 Å². The van der Waals surface area contributed by atoms with Crippen LogP contribution in [0.5, 0.6) is 0 Å². The molecule has 3 saturated heterocycles. The summed E-state index contributed by atoms with van der Waals surface area (Å²) in [7, 11) is -6.88. The second-order valence-corrected chi connectivity index (χ2v) is 10.2. The van der Waals surface area contributed by atoms with Gasteiger partial charge in [0.2, 0.25) is 0 Å². The zero-order valence-electron chi connectivity index (χ0n) is 13.4. The molecule has 134 valence electrons. The molecule has 8 nitrogen and oxygen atoms in total. The Morgan fingerprint density at radius 3 is 1.00 bits per heavy atom. The van der Waals surface area contributed by atoms with Gasteiger partial charge in [-0.1, -0.05) is 0 Å². The maximum absolute atomic E-state index is 12.6. The summed E-state index contributed by atoms with van der Waals surface area (Å²) in [6.07, 6.45) is 4.16. The molecule has 3 heterocycles. The minimum atomic E-state index is -3.44. The number of nitrogens with zero attached hydrogens (tertiary/aromatic N) is 4. The topological polar surface area (TPSA) is 81.2 Å². The first-order valence-electron chi connectivity index (χ1n) is 8.43. The SMILES string of the molecule is O=S(=O)(N1CCCC1)N1CCCN(S(=O)(=O)N2CCCC2)CC1. The molecule has 10 heteroatoms. The molecule has 0 aromatic rings. The average molecular weight is 367 g/mol. The fourth-order valence-electron chi connectivity index (χ4n) is 3.50. The lowest BCUT2D eigenvalue weighted by atomic mass is 10.4. The number of hydrogen-bond donors (Lipinski definition) is 0. The molecule has 0 aromatic heterocycles. The molecular weight excluding hydrogens is 340 g/mol. The summed E-state index contributed by atoms with van der Waals surface area (Å²) >= 11 is 0. The van der Waals surface area contributed by atoms with Gasteiger partial charge in [0.25, 0.3) is 20.4 Å². The molecule has 0 amide bonds. The molecule has 0 saturated carbocycles. The van der Waals surface area contributed by atoms with Gasteiger partial charge in [0.05, 0.1) is 0 Å². The number of rotatable bonds is 4. The Bertz CT molecular complexity index is 556. The van der Waals surface area contributed by atoms with Crippen LogP contribution in [0.25, 0.3) is 0 Å². The molecule has 0 aromatic carbocycles. The van der Waals surface area contributed by atoms with E-state index >= 15 is 0 Å². The van der Waals surface area contributed by atoms with Crippen LogP contribution >= 0.6 is 0 Å². The van der Waals surface area contributed by atoms with Crippen LogP contribution in [0.3, 0.4) is 0 Å². The van der Waals surface area contributed by atoms with Gasteiger partial charge in [-0.25, -0.2) is 0 Å². The Morgan fingerprint density at radius 2 is 0.652 bits per heavy atom. The van der Waals surface area contributed by atoms with Crippen molar-refractivity contribution in [3.8, 4) is 0 Å². The molecule has 0 unspecified atom stereocenters. The van der Waals surface area contributed by atoms with Gasteiger partial charge < -0.3 is 0 Å². The van der Waals surface area contributed by atoms with Crippen LogP contribution in [0.4, 0.5) is 0 Å². The second kappa shape index (κ2) is 6.93. The third-order valence-electron chi connectivity index (χ3n) is 4.85. The highest BCUT2D eigenvalue weighted by Gasteiger charge is 2.36. The monoisotopic (exact) mass is 366 g/mol. The summed E-state index contributed by atoms with van der Waals surface area (Å²) < 4.78 is 56.5. The van der Waals surface area contributed by atoms with E-state index in [-0.39, 0.29) is 13.1 Å². The third kappa shape index (κ3) is 3.57. The molecule has 3 fully saturated rings. The standard InChI is InChI=1S/C13H26N4O4S2/c18-22(19,14-6-1-2-7-14)16-10-5-11-17(13-12-16)23(20,21)15-8-3-4-9-15/h1-13H2. The summed E-state index contributed by atoms with van der Waals surface area (Å²) in [6, 6.07) is 0. The van der Waals surface area contributed by atoms with Gasteiger partial charge in [0.1, 0.15) is 0 Å². The normalized spacial score (nSPS) is 27.5. The lowest BCUT2D eigenvalue weighted by Crippen LogP contribution is -2.46. The zero-order chi connectivity index (χ0) is 16.5. The Labute approximate surface area is 139 Å². The maximum atomic E-state index is 12.6. The van der Waals surface area contributed by atoms with E-state index in [4.69, 9.17) is 0 Å². The van der Waals surface area contributed by atoms with Gasteiger partial charge in [-0.3, -0.25) is 0 Å². The van der Waals surface area contributed by atoms with Crippen molar-refractivity contribution in [1.82, 2.24) is 17.2 Å². The van der Waals surface area contributed by atoms with Crippen LogP contribution in [0.1, 0.15) is 32.1 Å². The Balaban J connectivity index is 1.67. The predicted octanol–water partition coefficient (Wildman–Crippen LogP) is -0.325. The smallest absolute Gasteiger partial charge is 0.195 e. The minimum absolute atomic E-state index is 0.242. The van der Waals surface area contributed by atoms with Gasteiger partial charge in [0, 0.05) is 52.4 Å². The van der Waals surface area contributed by atoms with E-state index < -0.39 is 20.4 Å². The molecule has 3 rings (SSSR count). The molecule has 23 heavy (non-hydrogen) atoms. The quantitative estimate of drug-likeness (QED) is 0.683. The van der Waals surface area contributed by atoms with Crippen LogP contribution < -0.4 is 0 Å². The van der Waals surface area contributed by atoms with Gasteiger partial charge in [0.15, 0.2) is 0 Å². The summed E-state index contributed by atoms with van der Waals surface area (Å²) in [5.41, 5.74) is 0. The van der Waals surface area contributed by atoms with Crippen molar-refractivity contribution in [3.63, 3.8) is 0 Å². The van der Waals surface area contributed by atoms with Crippen molar-refractivity contribution in [2.45, 2.75) is 32.1 Å². The van der Waals surface area contributed by atoms with Crippen molar-refractivity contribution in [3.05, 3.63) is 0 Å². The lowest BCUT2D eigenvalue weighted by Gasteiger charge is -2.27. The Morgan fingerprint density at radius 1 is 0.391 bits per heavy atom. The van der Waals surface area contributed by atoms with Crippen molar-refractivity contribution >= 4 is 20.4 Å². The molecule has 3 aliphatic heterocycles. The first-order chi connectivity index (χ1) is 10.9. The zero-order valence-corrected chi connectivity index (χ0v) is 15.1. The van der Waals surface area contributed by atoms with Crippen LogP contribution in [0, 0.1) is 0 Å². The fraction of sp³-hybridized carbons (Fsp3) is 1.00. The van der Waals surface area contributed by atoms with Gasteiger partial charge in [-0.15, -0.1) is 0 Å². The van der Waals surface area contributed by atoms with Crippen molar-refractivity contribution in [1.29, 1.82) is 0 Å². The molecule has 0 atom stereocenters. The van der Waals surface area contributed by atoms with E-state index in [0.29, 0.717) is 45.7 Å². The molecular formula is C13H26N4O4S2. The second-order valence-electron chi connectivity index (χ2n) is 6.38. The molecule has 0 radical (unpaired) electrons.